The molecule has 0 spiro atoms. The summed E-state index contributed by atoms with van der Waals surface area (Å²) in [5.41, 5.74) is 2.42. The van der Waals surface area contributed by atoms with Gasteiger partial charge in [-0.1, -0.05) is 30.3 Å². The average Bonchev–Trinajstić information content (AvgIpc) is 3.40. The zero-order valence-corrected chi connectivity index (χ0v) is 22.3. The summed E-state index contributed by atoms with van der Waals surface area (Å²) in [7, 11) is 0. The van der Waals surface area contributed by atoms with Gasteiger partial charge in [-0.25, -0.2) is 13.8 Å². The summed E-state index contributed by atoms with van der Waals surface area (Å²) < 4.78 is 41.3. The zero-order valence-electron chi connectivity index (χ0n) is 22.3. The topological polar surface area (TPSA) is 69.9 Å². The fourth-order valence-electron chi connectivity index (χ4n) is 5.28. The van der Waals surface area contributed by atoms with Gasteiger partial charge >= 0.3 is 5.97 Å². The zero-order chi connectivity index (χ0) is 27.9. The van der Waals surface area contributed by atoms with Gasteiger partial charge in [0.25, 0.3) is 0 Å². The standard InChI is InChI=1S/C31H30F2N2O4/c1-18-28(35-14-8-13-27(29(35)34-18)38-17-23-24(32)11-7-12-25(23)33)26(36)16-21-20-10-6-5-9-19(20)15-22(21)30(37)39-31(2,3)4/h5-14,21-22H,15-17H2,1-4H3/t21-,22-/m1/s1. The van der Waals surface area contributed by atoms with E-state index < -0.39 is 23.2 Å². The first-order valence-corrected chi connectivity index (χ1v) is 12.9. The van der Waals surface area contributed by atoms with Crippen LogP contribution in [0, 0.1) is 24.5 Å². The first-order chi connectivity index (χ1) is 18.5. The molecule has 202 valence electrons. The van der Waals surface area contributed by atoms with Crippen LogP contribution in [0.3, 0.4) is 0 Å². The number of ketones is 1. The number of fused-ring (bicyclic) bond motifs is 2. The lowest BCUT2D eigenvalue weighted by atomic mass is 9.87. The molecule has 0 saturated carbocycles. The second-order valence-corrected chi connectivity index (χ2v) is 10.9. The SMILES string of the molecule is Cc1nc2c(OCc3c(F)cccc3F)cccn2c1C(=O)C[C@@H]1c2ccccc2C[C@H]1C(=O)OC(C)(C)C. The Morgan fingerprint density at radius 3 is 2.46 bits per heavy atom. The van der Waals surface area contributed by atoms with Gasteiger partial charge in [-0.3, -0.25) is 14.0 Å². The lowest BCUT2D eigenvalue weighted by molar-refractivity contribution is -0.160. The number of aryl methyl sites for hydroxylation is 1. The first kappa shape index (κ1) is 26.5. The second-order valence-electron chi connectivity index (χ2n) is 10.9. The molecule has 1 aliphatic rings. The number of pyridine rings is 1. The third-order valence-corrected chi connectivity index (χ3v) is 6.98. The van der Waals surface area contributed by atoms with Crippen LogP contribution in [0.25, 0.3) is 5.65 Å². The van der Waals surface area contributed by atoms with Crippen LogP contribution in [-0.2, 0) is 22.6 Å². The molecule has 0 saturated heterocycles. The van der Waals surface area contributed by atoms with Crippen LogP contribution in [0.5, 0.6) is 5.75 Å². The number of benzene rings is 2. The molecule has 1 aliphatic carbocycles. The van der Waals surface area contributed by atoms with Gasteiger partial charge in [0.05, 0.1) is 17.2 Å². The molecule has 39 heavy (non-hydrogen) atoms. The van der Waals surface area contributed by atoms with Crippen molar-refractivity contribution in [2.24, 2.45) is 5.92 Å². The van der Waals surface area contributed by atoms with Crippen LogP contribution in [0.2, 0.25) is 0 Å². The van der Waals surface area contributed by atoms with Crippen molar-refractivity contribution in [3.63, 3.8) is 0 Å². The normalized spacial score (nSPS) is 16.8. The van der Waals surface area contributed by atoms with Gasteiger partial charge in [-0.2, -0.15) is 0 Å². The van der Waals surface area contributed by atoms with E-state index in [1.54, 1.807) is 29.7 Å². The molecule has 0 radical (unpaired) electrons. The maximum absolute atomic E-state index is 14.1. The van der Waals surface area contributed by atoms with E-state index in [-0.39, 0.29) is 36.3 Å². The van der Waals surface area contributed by atoms with Crippen LogP contribution < -0.4 is 4.74 Å². The van der Waals surface area contributed by atoms with Crippen LogP contribution in [0.1, 0.15) is 66.0 Å². The molecule has 0 unspecified atom stereocenters. The first-order valence-electron chi connectivity index (χ1n) is 12.9. The Labute approximate surface area is 225 Å². The Hall–Kier alpha value is -4.07. The Bertz CT molecular complexity index is 1550. The molecule has 0 amide bonds. The van der Waals surface area contributed by atoms with Crippen molar-refractivity contribution in [1.29, 1.82) is 0 Å². The summed E-state index contributed by atoms with van der Waals surface area (Å²) in [6.45, 7) is 6.89. The number of halogens is 2. The van der Waals surface area contributed by atoms with Gasteiger partial charge in [-0.05, 0) is 69.5 Å². The van der Waals surface area contributed by atoms with E-state index in [1.165, 1.54) is 18.2 Å². The summed E-state index contributed by atoms with van der Waals surface area (Å²) >= 11 is 0. The molecule has 0 fully saturated rings. The van der Waals surface area contributed by atoms with Gasteiger partial charge in [0.15, 0.2) is 17.2 Å². The fraction of sp³-hybridized carbons (Fsp3) is 0.323. The third-order valence-electron chi connectivity index (χ3n) is 6.98. The van der Waals surface area contributed by atoms with E-state index in [0.717, 1.165) is 11.1 Å². The molecular formula is C31H30F2N2O4. The fourth-order valence-corrected chi connectivity index (χ4v) is 5.28. The molecule has 2 atom stereocenters. The highest BCUT2D eigenvalue weighted by atomic mass is 19.1. The van der Waals surface area contributed by atoms with E-state index in [1.807, 2.05) is 45.0 Å². The van der Waals surface area contributed by atoms with E-state index in [9.17, 15) is 18.4 Å². The number of imidazole rings is 1. The maximum atomic E-state index is 14.1. The van der Waals surface area contributed by atoms with Crippen molar-refractivity contribution in [1.82, 2.24) is 9.38 Å². The molecule has 4 aromatic rings. The minimum Gasteiger partial charge on any atom is -0.485 e. The van der Waals surface area contributed by atoms with Gasteiger partial charge in [-0.15, -0.1) is 0 Å². The van der Waals surface area contributed by atoms with E-state index in [2.05, 4.69) is 4.98 Å². The lowest BCUT2D eigenvalue weighted by Crippen LogP contribution is -2.31. The molecule has 0 aliphatic heterocycles. The smallest absolute Gasteiger partial charge is 0.310 e. The summed E-state index contributed by atoms with van der Waals surface area (Å²) in [5, 5.41) is 0. The van der Waals surface area contributed by atoms with Crippen LogP contribution >= 0.6 is 0 Å². The lowest BCUT2D eigenvalue weighted by Gasteiger charge is -2.25. The number of esters is 1. The summed E-state index contributed by atoms with van der Waals surface area (Å²) in [5.74, 6) is -2.41. The Morgan fingerprint density at radius 2 is 1.74 bits per heavy atom. The minimum absolute atomic E-state index is 0.0983. The number of rotatable bonds is 7. The highest BCUT2D eigenvalue weighted by Crippen LogP contribution is 2.42. The molecule has 6 nitrogen and oxygen atoms in total. The molecule has 5 rings (SSSR count). The summed E-state index contributed by atoms with van der Waals surface area (Å²) in [6.07, 6.45) is 2.31. The molecule has 0 N–H and O–H groups in total. The van der Waals surface area contributed by atoms with Crippen molar-refractivity contribution < 1.29 is 27.8 Å². The van der Waals surface area contributed by atoms with Crippen molar-refractivity contribution in [2.75, 3.05) is 0 Å². The maximum Gasteiger partial charge on any atom is 0.310 e. The Kier molecular flexibility index (Phi) is 6.97. The van der Waals surface area contributed by atoms with Gasteiger partial charge in [0, 0.05) is 18.5 Å². The van der Waals surface area contributed by atoms with Crippen LogP contribution in [-0.4, -0.2) is 26.7 Å². The Balaban J connectivity index is 1.43. The molecule has 2 heterocycles. The van der Waals surface area contributed by atoms with Crippen molar-refractivity contribution >= 4 is 17.4 Å². The monoisotopic (exact) mass is 532 g/mol. The quantitative estimate of drug-likeness (QED) is 0.204. The third kappa shape index (κ3) is 5.28. The van der Waals surface area contributed by atoms with Crippen molar-refractivity contribution in [3.8, 4) is 5.75 Å². The predicted octanol–water partition coefficient (Wildman–Crippen LogP) is 6.37. The molecule has 0 bridgehead atoms. The summed E-state index contributed by atoms with van der Waals surface area (Å²) in [6, 6.07) is 14.8. The van der Waals surface area contributed by atoms with Gasteiger partial charge in [0.1, 0.15) is 29.5 Å². The number of hydrogen-bond donors (Lipinski definition) is 0. The minimum atomic E-state index is -0.700. The number of ether oxygens (including phenoxy) is 2. The van der Waals surface area contributed by atoms with Gasteiger partial charge in [0.2, 0.25) is 0 Å². The van der Waals surface area contributed by atoms with E-state index in [0.29, 0.717) is 29.2 Å². The number of carbonyl (C=O) groups excluding carboxylic acids is 2. The van der Waals surface area contributed by atoms with Crippen LogP contribution in [0.4, 0.5) is 8.78 Å². The highest BCUT2D eigenvalue weighted by Gasteiger charge is 2.41. The number of nitrogens with zero attached hydrogens (tertiary/aromatic N) is 2. The average molecular weight is 533 g/mol. The van der Waals surface area contributed by atoms with E-state index >= 15 is 0 Å². The number of aromatic nitrogens is 2. The van der Waals surface area contributed by atoms with Gasteiger partial charge < -0.3 is 9.47 Å². The van der Waals surface area contributed by atoms with Crippen LogP contribution in [0.15, 0.2) is 60.8 Å². The molecule has 8 heteroatoms. The second kappa shape index (κ2) is 10.2. The molecular weight excluding hydrogens is 502 g/mol. The molecule has 2 aromatic carbocycles. The van der Waals surface area contributed by atoms with E-state index in [4.69, 9.17) is 9.47 Å². The largest absolute Gasteiger partial charge is 0.485 e. The van der Waals surface area contributed by atoms with Crippen molar-refractivity contribution in [2.45, 2.75) is 58.7 Å². The number of carbonyl (C=O) groups is 2. The predicted molar refractivity (Wildman–Crippen MR) is 142 cm³/mol. The number of Topliss-reactive ketones (excluding diaryl/α,β-unsaturated/α-hetero) is 1. The molecule has 2 aromatic heterocycles. The Morgan fingerprint density at radius 1 is 1.03 bits per heavy atom. The number of hydrogen-bond acceptors (Lipinski definition) is 5. The van der Waals surface area contributed by atoms with Crippen molar-refractivity contribution in [3.05, 3.63) is 101 Å². The summed E-state index contributed by atoms with van der Waals surface area (Å²) in [4.78, 5) is 31.5. The highest BCUT2D eigenvalue weighted by molar-refractivity contribution is 5.98.